The third-order valence-corrected chi connectivity index (χ3v) is 6.43. The van der Waals surface area contributed by atoms with Crippen LogP contribution in [0.15, 0.2) is 18.2 Å². The zero-order valence-electron chi connectivity index (χ0n) is 15.5. The van der Waals surface area contributed by atoms with Crippen molar-refractivity contribution in [2.45, 2.75) is 51.7 Å². The maximum Gasteiger partial charge on any atom is 0.337 e. The lowest BCUT2D eigenvalue weighted by atomic mass is 9.89. The second kappa shape index (κ2) is 7.33. The zero-order valence-corrected chi connectivity index (χ0v) is 16.4. The summed E-state index contributed by atoms with van der Waals surface area (Å²) in [5.74, 6) is 0.262. The van der Waals surface area contributed by atoms with Gasteiger partial charge in [-0.25, -0.2) is 13.2 Å². The van der Waals surface area contributed by atoms with Crippen molar-refractivity contribution in [1.82, 2.24) is 4.31 Å². The number of rotatable bonds is 6. The summed E-state index contributed by atoms with van der Waals surface area (Å²) in [5, 5.41) is 0. The number of esters is 1. The standard InChI is InChI=1S/C18H27NO5S/c1-6-7-10-25(21,22)19(4)15-12-18(2,3)24-16-9-8-13(11-14(15)16)17(20)23-5/h8-9,11,15H,6-7,10,12H2,1-5H3. The number of ether oxygens (including phenoxy) is 2. The fourth-order valence-corrected chi connectivity index (χ4v) is 4.57. The van der Waals surface area contributed by atoms with E-state index in [0.29, 0.717) is 29.7 Å². The Balaban J connectivity index is 2.46. The average Bonchev–Trinajstić information content (AvgIpc) is 2.56. The molecule has 1 aromatic rings. The molecule has 0 radical (unpaired) electrons. The zero-order chi connectivity index (χ0) is 18.8. The van der Waals surface area contributed by atoms with Gasteiger partial charge in [0.1, 0.15) is 11.4 Å². The topological polar surface area (TPSA) is 72.9 Å². The highest BCUT2D eigenvalue weighted by atomic mass is 32.2. The van der Waals surface area contributed by atoms with Crippen molar-refractivity contribution in [1.29, 1.82) is 0 Å². The highest BCUT2D eigenvalue weighted by Crippen LogP contribution is 2.43. The van der Waals surface area contributed by atoms with E-state index in [1.165, 1.54) is 11.4 Å². The number of hydrogen-bond donors (Lipinski definition) is 0. The Labute approximate surface area is 150 Å². The van der Waals surface area contributed by atoms with Crippen LogP contribution in [-0.4, -0.2) is 44.2 Å². The first-order valence-electron chi connectivity index (χ1n) is 8.48. The van der Waals surface area contributed by atoms with Crippen LogP contribution in [0.5, 0.6) is 5.75 Å². The first-order valence-corrected chi connectivity index (χ1v) is 10.1. The van der Waals surface area contributed by atoms with Gasteiger partial charge in [0.15, 0.2) is 0 Å². The van der Waals surface area contributed by atoms with E-state index >= 15 is 0 Å². The number of unbranched alkanes of at least 4 members (excludes halogenated alkanes) is 1. The van der Waals surface area contributed by atoms with Gasteiger partial charge in [0.05, 0.1) is 24.5 Å². The molecule has 0 aliphatic carbocycles. The summed E-state index contributed by atoms with van der Waals surface area (Å²) in [6, 6.07) is 4.63. The molecule has 0 saturated heterocycles. The van der Waals surface area contributed by atoms with Crippen molar-refractivity contribution >= 4 is 16.0 Å². The van der Waals surface area contributed by atoms with E-state index in [0.717, 1.165) is 6.42 Å². The Bertz CT molecular complexity index is 742. The van der Waals surface area contributed by atoms with Crippen LogP contribution in [-0.2, 0) is 14.8 Å². The fraction of sp³-hybridized carbons (Fsp3) is 0.611. The SMILES string of the molecule is CCCCS(=O)(=O)N(C)C1CC(C)(C)Oc2ccc(C(=O)OC)cc21. The van der Waals surface area contributed by atoms with Gasteiger partial charge in [-0.15, -0.1) is 0 Å². The van der Waals surface area contributed by atoms with Crippen molar-refractivity contribution in [3.63, 3.8) is 0 Å². The van der Waals surface area contributed by atoms with Gasteiger partial charge in [-0.3, -0.25) is 0 Å². The molecule has 0 saturated carbocycles. The van der Waals surface area contributed by atoms with Crippen molar-refractivity contribution in [3.8, 4) is 5.75 Å². The highest BCUT2D eigenvalue weighted by Gasteiger charge is 2.39. The molecule has 6 nitrogen and oxygen atoms in total. The first-order chi connectivity index (χ1) is 11.6. The Hall–Kier alpha value is -1.60. The molecule has 140 valence electrons. The number of sulfonamides is 1. The molecule has 1 aliphatic heterocycles. The lowest BCUT2D eigenvalue weighted by Crippen LogP contribution is -2.42. The largest absolute Gasteiger partial charge is 0.487 e. The molecule has 1 aliphatic rings. The van der Waals surface area contributed by atoms with E-state index in [1.807, 2.05) is 20.8 Å². The Morgan fingerprint density at radius 2 is 2.08 bits per heavy atom. The normalized spacial score (nSPS) is 19.2. The summed E-state index contributed by atoms with van der Waals surface area (Å²) >= 11 is 0. The van der Waals surface area contributed by atoms with E-state index in [-0.39, 0.29) is 11.8 Å². The number of carbonyl (C=O) groups is 1. The van der Waals surface area contributed by atoms with E-state index in [4.69, 9.17) is 9.47 Å². The number of carbonyl (C=O) groups excluding carboxylic acids is 1. The monoisotopic (exact) mass is 369 g/mol. The Morgan fingerprint density at radius 3 is 2.68 bits per heavy atom. The van der Waals surface area contributed by atoms with Crippen LogP contribution < -0.4 is 4.74 Å². The maximum absolute atomic E-state index is 12.7. The molecule has 2 rings (SSSR count). The van der Waals surface area contributed by atoms with E-state index in [2.05, 4.69) is 0 Å². The van der Waals surface area contributed by atoms with Crippen LogP contribution in [0, 0.1) is 0 Å². The predicted molar refractivity (Wildman–Crippen MR) is 96.3 cm³/mol. The molecule has 1 aromatic carbocycles. The molecule has 25 heavy (non-hydrogen) atoms. The molecule has 0 amide bonds. The van der Waals surface area contributed by atoms with Gasteiger partial charge in [-0.2, -0.15) is 4.31 Å². The third kappa shape index (κ3) is 4.33. The van der Waals surface area contributed by atoms with Gasteiger partial charge in [0.2, 0.25) is 10.0 Å². The number of benzene rings is 1. The minimum Gasteiger partial charge on any atom is -0.487 e. The van der Waals surface area contributed by atoms with Gasteiger partial charge in [0.25, 0.3) is 0 Å². The van der Waals surface area contributed by atoms with Crippen LogP contribution in [0.2, 0.25) is 0 Å². The van der Waals surface area contributed by atoms with E-state index < -0.39 is 21.6 Å². The van der Waals surface area contributed by atoms with Crippen LogP contribution in [0.25, 0.3) is 0 Å². The molecule has 0 bridgehead atoms. The molecular formula is C18H27NO5S. The fourth-order valence-electron chi connectivity index (χ4n) is 3.05. The number of methoxy groups -OCH3 is 1. The summed E-state index contributed by atoms with van der Waals surface area (Å²) in [6.07, 6.45) is 1.94. The summed E-state index contributed by atoms with van der Waals surface area (Å²) in [6.45, 7) is 5.83. The molecule has 0 fully saturated rings. The summed E-state index contributed by atoms with van der Waals surface area (Å²) in [5.41, 5.74) is 0.581. The minimum absolute atomic E-state index is 0.115. The summed E-state index contributed by atoms with van der Waals surface area (Å²) < 4.78 is 37.5. The molecule has 7 heteroatoms. The smallest absolute Gasteiger partial charge is 0.337 e. The van der Waals surface area contributed by atoms with Gasteiger partial charge in [-0.05, 0) is 38.5 Å². The second-order valence-corrected chi connectivity index (χ2v) is 9.16. The number of fused-ring (bicyclic) bond motifs is 1. The Kier molecular flexibility index (Phi) is 5.79. The van der Waals surface area contributed by atoms with Crippen molar-refractivity contribution < 1.29 is 22.7 Å². The predicted octanol–water partition coefficient (Wildman–Crippen LogP) is 3.14. The number of hydrogen-bond acceptors (Lipinski definition) is 5. The van der Waals surface area contributed by atoms with Crippen molar-refractivity contribution in [2.75, 3.05) is 19.9 Å². The highest BCUT2D eigenvalue weighted by molar-refractivity contribution is 7.89. The van der Waals surface area contributed by atoms with Crippen LogP contribution in [0.4, 0.5) is 0 Å². The molecule has 0 spiro atoms. The Morgan fingerprint density at radius 1 is 1.40 bits per heavy atom. The van der Waals surface area contributed by atoms with E-state index in [1.54, 1.807) is 25.2 Å². The summed E-state index contributed by atoms with van der Waals surface area (Å²) in [4.78, 5) is 11.8. The molecule has 1 heterocycles. The second-order valence-electron chi connectivity index (χ2n) is 7.01. The van der Waals surface area contributed by atoms with Gasteiger partial charge >= 0.3 is 5.97 Å². The summed E-state index contributed by atoms with van der Waals surface area (Å²) in [7, 11) is -0.470. The quantitative estimate of drug-likeness (QED) is 0.720. The molecular weight excluding hydrogens is 342 g/mol. The van der Waals surface area contributed by atoms with Gasteiger partial charge < -0.3 is 9.47 Å². The maximum atomic E-state index is 12.7. The molecule has 0 N–H and O–H groups in total. The first kappa shape index (κ1) is 19.7. The molecule has 1 atom stereocenters. The lowest BCUT2D eigenvalue weighted by molar-refractivity contribution is 0.0536. The van der Waals surface area contributed by atoms with E-state index in [9.17, 15) is 13.2 Å². The molecule has 1 unspecified atom stereocenters. The van der Waals surface area contributed by atoms with Crippen LogP contribution in [0.3, 0.4) is 0 Å². The third-order valence-electron chi connectivity index (χ3n) is 4.49. The van der Waals surface area contributed by atoms with Crippen LogP contribution >= 0.6 is 0 Å². The van der Waals surface area contributed by atoms with Crippen molar-refractivity contribution in [2.24, 2.45) is 0 Å². The van der Waals surface area contributed by atoms with Crippen LogP contribution in [0.1, 0.15) is 62.0 Å². The minimum atomic E-state index is -3.39. The average molecular weight is 369 g/mol. The van der Waals surface area contributed by atoms with Gasteiger partial charge in [0, 0.05) is 19.0 Å². The number of nitrogens with zero attached hydrogens (tertiary/aromatic N) is 1. The van der Waals surface area contributed by atoms with Crippen molar-refractivity contribution in [3.05, 3.63) is 29.3 Å². The lowest BCUT2D eigenvalue weighted by Gasteiger charge is -2.41. The molecule has 0 aromatic heterocycles. The van der Waals surface area contributed by atoms with Gasteiger partial charge in [-0.1, -0.05) is 13.3 Å².